The van der Waals surface area contributed by atoms with Crippen molar-refractivity contribution in [3.8, 4) is 0 Å². The highest BCUT2D eigenvalue weighted by Gasteiger charge is 2.40. The van der Waals surface area contributed by atoms with Crippen LogP contribution in [-0.4, -0.2) is 28.2 Å². The lowest BCUT2D eigenvalue weighted by atomic mass is 9.67. The normalized spacial score (nSPS) is 31.1. The van der Waals surface area contributed by atoms with Crippen LogP contribution in [0.2, 0.25) is 0 Å². The number of hydrogen-bond acceptors (Lipinski definition) is 4. The second-order valence-corrected chi connectivity index (χ2v) is 5.99. The second kappa shape index (κ2) is 6.58. The molecule has 2 atom stereocenters. The Balaban J connectivity index is 0.00000161. The van der Waals surface area contributed by atoms with E-state index in [1.165, 1.54) is 18.6 Å². The molecule has 2 unspecified atom stereocenters. The molecule has 1 amide bonds. The van der Waals surface area contributed by atoms with Crippen molar-refractivity contribution in [1.29, 1.82) is 0 Å². The molecule has 6 nitrogen and oxygen atoms in total. The van der Waals surface area contributed by atoms with Gasteiger partial charge in [-0.2, -0.15) is 5.10 Å². The lowest BCUT2D eigenvalue weighted by molar-refractivity contribution is 0.0750. The Labute approximate surface area is 129 Å². The highest BCUT2D eigenvalue weighted by Crippen LogP contribution is 2.39. The standard InChI is InChI=1S/C14H20N4O2.ClH/c15-10-6-8-2-1-3-9(7-10)13(8)16-14(20)11-4-5-12(19)18-17-11;/h4-5,8-10,13H,1-3,6-7,15H2,(H,16,20)(H,18,19);1H. The van der Waals surface area contributed by atoms with Crippen LogP contribution in [0.4, 0.5) is 0 Å². The van der Waals surface area contributed by atoms with Gasteiger partial charge in [-0.1, -0.05) is 6.42 Å². The number of halogens is 1. The fraction of sp³-hybridized carbons (Fsp3) is 0.643. The highest BCUT2D eigenvalue weighted by atomic mass is 35.5. The molecule has 0 aliphatic heterocycles. The Kier molecular flexibility index (Phi) is 5.00. The van der Waals surface area contributed by atoms with Crippen molar-refractivity contribution in [2.24, 2.45) is 17.6 Å². The molecule has 0 saturated heterocycles. The van der Waals surface area contributed by atoms with Gasteiger partial charge < -0.3 is 11.1 Å². The molecule has 2 fully saturated rings. The second-order valence-electron chi connectivity index (χ2n) is 5.99. The van der Waals surface area contributed by atoms with Crippen LogP contribution < -0.4 is 16.6 Å². The molecule has 21 heavy (non-hydrogen) atoms. The molecule has 1 aromatic heterocycles. The maximum atomic E-state index is 12.2. The van der Waals surface area contributed by atoms with E-state index >= 15 is 0 Å². The van der Waals surface area contributed by atoms with Crippen LogP contribution in [0.25, 0.3) is 0 Å². The summed E-state index contributed by atoms with van der Waals surface area (Å²) in [5.41, 5.74) is 6.04. The van der Waals surface area contributed by atoms with E-state index in [-0.39, 0.29) is 41.7 Å². The number of hydrogen-bond donors (Lipinski definition) is 3. The Bertz CT molecular complexity index is 528. The average molecular weight is 313 g/mol. The van der Waals surface area contributed by atoms with Gasteiger partial charge in [0.15, 0.2) is 0 Å². The Morgan fingerprint density at radius 3 is 2.52 bits per heavy atom. The summed E-state index contributed by atoms with van der Waals surface area (Å²) >= 11 is 0. The van der Waals surface area contributed by atoms with Gasteiger partial charge in [0.1, 0.15) is 5.69 Å². The largest absolute Gasteiger partial charge is 0.347 e. The van der Waals surface area contributed by atoms with E-state index in [1.807, 2.05) is 0 Å². The van der Waals surface area contributed by atoms with Crippen molar-refractivity contribution < 1.29 is 4.79 Å². The van der Waals surface area contributed by atoms with Crippen LogP contribution in [0.5, 0.6) is 0 Å². The lowest BCUT2D eigenvalue weighted by Crippen LogP contribution is -2.53. The summed E-state index contributed by atoms with van der Waals surface area (Å²) in [5.74, 6) is 0.743. The van der Waals surface area contributed by atoms with Gasteiger partial charge in [-0.05, 0) is 43.6 Å². The minimum Gasteiger partial charge on any atom is -0.347 e. The van der Waals surface area contributed by atoms with Gasteiger partial charge in [-0.25, -0.2) is 5.10 Å². The van der Waals surface area contributed by atoms with E-state index in [4.69, 9.17) is 5.73 Å². The van der Waals surface area contributed by atoms with Crippen molar-refractivity contribution in [3.05, 3.63) is 28.2 Å². The first-order valence-electron chi connectivity index (χ1n) is 7.25. The maximum Gasteiger partial charge on any atom is 0.271 e. The first kappa shape index (κ1) is 16.0. The first-order valence-corrected chi connectivity index (χ1v) is 7.25. The average Bonchev–Trinajstić information content (AvgIpc) is 2.40. The van der Waals surface area contributed by atoms with Gasteiger partial charge >= 0.3 is 0 Å². The zero-order chi connectivity index (χ0) is 14.1. The molecule has 7 heteroatoms. The van der Waals surface area contributed by atoms with Crippen molar-refractivity contribution in [3.63, 3.8) is 0 Å². The summed E-state index contributed by atoms with van der Waals surface area (Å²) in [6.07, 6.45) is 5.47. The lowest BCUT2D eigenvalue weighted by Gasteiger charge is -2.45. The number of carbonyl (C=O) groups excluding carboxylic acids is 1. The van der Waals surface area contributed by atoms with Gasteiger partial charge in [0, 0.05) is 18.2 Å². The molecule has 2 bridgehead atoms. The highest BCUT2D eigenvalue weighted by molar-refractivity contribution is 5.92. The smallest absolute Gasteiger partial charge is 0.271 e. The number of nitrogens with zero attached hydrogens (tertiary/aromatic N) is 1. The van der Waals surface area contributed by atoms with Crippen LogP contribution >= 0.6 is 12.4 Å². The van der Waals surface area contributed by atoms with Crippen LogP contribution in [0.15, 0.2) is 16.9 Å². The fourth-order valence-corrected chi connectivity index (χ4v) is 3.72. The number of rotatable bonds is 2. The zero-order valence-corrected chi connectivity index (χ0v) is 12.6. The van der Waals surface area contributed by atoms with Gasteiger partial charge in [0.25, 0.3) is 11.5 Å². The number of aromatic nitrogens is 2. The summed E-state index contributed by atoms with van der Waals surface area (Å²) in [6.45, 7) is 0. The number of fused-ring (bicyclic) bond motifs is 2. The summed E-state index contributed by atoms with van der Waals surface area (Å²) in [4.78, 5) is 23.2. The number of aromatic amines is 1. The molecule has 2 aliphatic carbocycles. The van der Waals surface area contributed by atoms with Gasteiger partial charge in [0.2, 0.25) is 0 Å². The third-order valence-electron chi connectivity index (χ3n) is 4.59. The monoisotopic (exact) mass is 312 g/mol. The molecule has 4 N–H and O–H groups in total. The molecular formula is C14H21ClN4O2. The molecule has 116 valence electrons. The van der Waals surface area contributed by atoms with E-state index in [0.29, 0.717) is 11.8 Å². The molecule has 2 saturated carbocycles. The summed E-state index contributed by atoms with van der Waals surface area (Å²) < 4.78 is 0. The van der Waals surface area contributed by atoms with Gasteiger partial charge in [-0.15, -0.1) is 12.4 Å². The Morgan fingerprint density at radius 2 is 1.95 bits per heavy atom. The summed E-state index contributed by atoms with van der Waals surface area (Å²) in [6, 6.07) is 3.24. The van der Waals surface area contributed by atoms with Gasteiger partial charge in [-0.3, -0.25) is 9.59 Å². The number of carbonyl (C=O) groups is 1. The van der Waals surface area contributed by atoms with Crippen molar-refractivity contribution in [1.82, 2.24) is 15.5 Å². The van der Waals surface area contributed by atoms with Crippen LogP contribution in [0.1, 0.15) is 42.6 Å². The topological polar surface area (TPSA) is 101 Å². The van der Waals surface area contributed by atoms with Crippen molar-refractivity contribution >= 4 is 18.3 Å². The first-order chi connectivity index (χ1) is 9.63. The van der Waals surface area contributed by atoms with Crippen molar-refractivity contribution in [2.45, 2.75) is 44.2 Å². The summed E-state index contributed by atoms with van der Waals surface area (Å²) in [5, 5.41) is 9.17. The van der Waals surface area contributed by atoms with E-state index in [0.717, 1.165) is 25.7 Å². The molecule has 1 aromatic rings. The number of amides is 1. The predicted molar refractivity (Wildman–Crippen MR) is 81.4 cm³/mol. The SMILES string of the molecule is Cl.NC1CC2CCCC(C1)C2NC(=O)c1ccc(=O)[nH]n1. The molecule has 2 aliphatic rings. The third kappa shape index (κ3) is 3.44. The van der Waals surface area contributed by atoms with Crippen LogP contribution in [0.3, 0.4) is 0 Å². The minimum absolute atomic E-state index is 0. The van der Waals surface area contributed by atoms with Crippen molar-refractivity contribution in [2.75, 3.05) is 0 Å². The Morgan fingerprint density at radius 1 is 1.29 bits per heavy atom. The molecule has 1 heterocycles. The van der Waals surface area contributed by atoms with E-state index in [9.17, 15) is 9.59 Å². The predicted octanol–water partition coefficient (Wildman–Crippen LogP) is 0.827. The molecule has 0 radical (unpaired) electrons. The van der Waals surface area contributed by atoms with Crippen LogP contribution in [-0.2, 0) is 0 Å². The minimum atomic E-state index is -0.304. The molecule has 0 spiro atoms. The van der Waals surface area contributed by atoms with E-state index in [1.54, 1.807) is 0 Å². The quantitative estimate of drug-likeness (QED) is 0.752. The number of nitrogens with one attached hydrogen (secondary N) is 2. The van der Waals surface area contributed by atoms with Gasteiger partial charge in [0.05, 0.1) is 0 Å². The number of nitrogens with two attached hydrogens (primary N) is 1. The molecular weight excluding hydrogens is 292 g/mol. The van der Waals surface area contributed by atoms with E-state index in [2.05, 4.69) is 15.5 Å². The molecule has 3 rings (SSSR count). The summed E-state index contributed by atoms with van der Waals surface area (Å²) in [7, 11) is 0. The zero-order valence-electron chi connectivity index (χ0n) is 11.7. The Hall–Kier alpha value is -1.40. The van der Waals surface area contributed by atoms with E-state index < -0.39 is 0 Å². The third-order valence-corrected chi connectivity index (χ3v) is 4.59. The van der Waals surface area contributed by atoms with Crippen LogP contribution in [0, 0.1) is 11.8 Å². The maximum absolute atomic E-state index is 12.2. The molecule has 0 aromatic carbocycles. The number of H-pyrrole nitrogens is 1. The fourth-order valence-electron chi connectivity index (χ4n) is 3.72.